The van der Waals surface area contributed by atoms with Gasteiger partial charge >= 0.3 is 11.4 Å². The Morgan fingerprint density at radius 3 is 1.59 bits per heavy atom. The van der Waals surface area contributed by atoms with Gasteiger partial charge in [0.05, 0.1) is 41.2 Å². The first-order valence-electron chi connectivity index (χ1n) is 32.9. The van der Waals surface area contributed by atoms with Crippen molar-refractivity contribution in [1.29, 1.82) is 0 Å². The highest BCUT2D eigenvalue weighted by atomic mass is 35.7. The molecule has 12 rings (SSSR count). The van der Waals surface area contributed by atoms with E-state index >= 15 is 0 Å². The average molecular weight is 1250 g/mol. The fourth-order valence-corrected chi connectivity index (χ4v) is 19.3. The Morgan fingerprint density at radius 2 is 1.13 bits per heavy atom. The fourth-order valence-electron chi connectivity index (χ4n) is 14.6. The molecule has 10 fully saturated rings. The molecule has 4 N–H and O–H groups in total. The van der Waals surface area contributed by atoms with Gasteiger partial charge in [-0.25, -0.2) is 18.9 Å². The molecule has 23 heteroatoms. The minimum atomic E-state index is -1.10. The molecule has 2 spiro atoms. The van der Waals surface area contributed by atoms with Crippen LogP contribution in [0.2, 0.25) is 0 Å². The molecule has 10 atom stereocenters. The second kappa shape index (κ2) is 31.5. The van der Waals surface area contributed by atoms with Crippen LogP contribution >= 0.6 is 27.4 Å². The zero-order chi connectivity index (χ0) is 61.1. The second-order valence-corrected chi connectivity index (χ2v) is 29.2. The maximum absolute atomic E-state index is 12.7. The standard InChI is InChI=1S/C23H35N4O5P.C14H21N3O4.C10H18O.C9H15ClNOP.C6H15N/c1-4-16-17(31-33-27-12-7-8-18(27)23(32-33)10-5-6-11-23)14-20(30-16)26-13-9-19(25-22(26)29)24-21(28)15(2)3;1-4-10-9(18)7-12(21-10)17-6-5-11(16-14(17)20)15-13(19)8(2)3;11-10(7-3-4-8-10)9-5-1-2-6-9;10-13-11-7-3-4-8(11)9(12-13)5-1-2-6-9;1-4-7(5-2)6-3/h9,13,15-18,20H,4-8,10-12,14H2,1-3H3,(H,24,25,28,29);5-6,8-10,12,18H,4,7H2,1-3H3,(H,15,16,19,20);9,11H,1-8H2;8H,1-7H2;4-6H2,1-3H3/t16-,17?,18+,20-,33+;9?,10-,12-;;8-,13?;/m11.0./s1. The van der Waals surface area contributed by atoms with Crippen molar-refractivity contribution >= 4 is 50.9 Å². The number of aliphatic hydroxyl groups is 2. The number of hydrogen-bond donors (Lipinski definition) is 4. The number of hydrogen-bond acceptors (Lipinski definition) is 16. The normalized spacial score (nSPS) is 30.7. The summed E-state index contributed by atoms with van der Waals surface area (Å²) in [4.78, 5) is 58.4. The molecule has 6 aliphatic heterocycles. The SMILES string of the molecule is CCN(CC)CC.CC[C@H]1O[C@@H](n2ccc(NC(=O)C(C)C)nc2=O)CC1O.CC[C@H]1O[C@@H](n2ccc(NC(=O)C(C)C)nc2=O)CC1O[P@@]1OC2(CCCC2)[C@@H]2CCCN21.ClP1OC2(CCCC2)[C@@H]2CCCN21.OC1(C2CCCC2)CCCC1. The smallest absolute Gasteiger partial charge is 0.351 e. The third-order valence-electron chi connectivity index (χ3n) is 19.7. The Hall–Kier alpha value is -2.55. The minimum absolute atomic E-state index is 0.0140. The van der Waals surface area contributed by atoms with Crippen LogP contribution in [0, 0.1) is 17.8 Å². The van der Waals surface area contributed by atoms with Gasteiger partial charge in [0.2, 0.25) is 19.5 Å². The number of aliphatic hydroxyl groups excluding tert-OH is 1. The van der Waals surface area contributed by atoms with Crippen LogP contribution in [-0.4, -0.2) is 141 Å². The molecule has 2 aromatic rings. The number of aromatic nitrogens is 4. The lowest BCUT2D eigenvalue weighted by molar-refractivity contribution is -0.119. The van der Waals surface area contributed by atoms with Crippen LogP contribution in [0.4, 0.5) is 11.6 Å². The van der Waals surface area contributed by atoms with Crippen LogP contribution in [0.1, 0.15) is 229 Å². The third kappa shape index (κ3) is 16.7. The van der Waals surface area contributed by atoms with Crippen LogP contribution < -0.4 is 22.0 Å². The first-order valence-corrected chi connectivity index (χ1v) is 36.1. The number of carbonyl (C=O) groups excluding carboxylic acids is 2. The Bertz CT molecular complexity index is 2550. The quantitative estimate of drug-likeness (QED) is 0.129. The Labute approximate surface area is 513 Å². The summed E-state index contributed by atoms with van der Waals surface area (Å²) in [5.74, 6) is 0.401. The van der Waals surface area contributed by atoms with Crippen LogP contribution in [-0.2, 0) is 32.6 Å². The number of rotatable bonds is 14. The van der Waals surface area contributed by atoms with Crippen molar-refractivity contribution < 1.29 is 42.8 Å². The van der Waals surface area contributed by atoms with Crippen LogP contribution in [0.3, 0.4) is 0 Å². The summed E-state index contributed by atoms with van der Waals surface area (Å²) in [5, 5.41) is 25.3. The summed E-state index contributed by atoms with van der Waals surface area (Å²) >= 11 is 6.25. The van der Waals surface area contributed by atoms with E-state index in [0.717, 1.165) is 38.6 Å². The maximum Gasteiger partial charge on any atom is 0.351 e. The van der Waals surface area contributed by atoms with Crippen molar-refractivity contribution in [3.8, 4) is 0 Å². The zero-order valence-corrected chi connectivity index (χ0v) is 55.2. The van der Waals surface area contributed by atoms with E-state index in [-0.39, 0.29) is 70.4 Å². The van der Waals surface area contributed by atoms with E-state index in [1.807, 2.05) is 6.92 Å². The van der Waals surface area contributed by atoms with E-state index in [1.54, 1.807) is 46.0 Å². The number of fused-ring (bicyclic) bond motifs is 4. The van der Waals surface area contributed by atoms with Crippen molar-refractivity contribution in [2.75, 3.05) is 43.4 Å². The molecule has 0 aromatic carbocycles. The number of anilines is 2. The molecular formula is C62H104ClN9O11P2. The molecule has 10 aliphatic rings. The van der Waals surface area contributed by atoms with E-state index in [4.69, 9.17) is 34.3 Å². The van der Waals surface area contributed by atoms with Gasteiger partial charge in [-0.2, -0.15) is 9.97 Å². The molecule has 4 saturated carbocycles. The molecule has 20 nitrogen and oxygen atoms in total. The van der Waals surface area contributed by atoms with Crippen molar-refractivity contribution in [2.45, 2.75) is 282 Å². The van der Waals surface area contributed by atoms with Gasteiger partial charge in [-0.15, -0.1) is 0 Å². The summed E-state index contributed by atoms with van der Waals surface area (Å²) in [7, 11) is -1.86. The van der Waals surface area contributed by atoms with Gasteiger partial charge in [0, 0.05) is 62.2 Å². The van der Waals surface area contributed by atoms with E-state index < -0.39 is 46.1 Å². The monoisotopic (exact) mass is 1250 g/mol. The van der Waals surface area contributed by atoms with Gasteiger partial charge in [0.25, 0.3) is 8.53 Å². The second-order valence-electron chi connectivity index (χ2n) is 25.8. The number of nitrogens with one attached hydrogen (secondary N) is 2. The first-order chi connectivity index (χ1) is 40.8. The van der Waals surface area contributed by atoms with Crippen LogP contribution in [0.15, 0.2) is 34.1 Å². The fraction of sp³-hybridized carbons (Fsp3) is 0.839. The number of ether oxygens (including phenoxy) is 2. The van der Waals surface area contributed by atoms with Crippen molar-refractivity contribution in [3.05, 3.63) is 45.5 Å². The molecule has 85 heavy (non-hydrogen) atoms. The summed E-state index contributed by atoms with van der Waals surface area (Å²) < 4.78 is 38.9. The highest BCUT2D eigenvalue weighted by Crippen LogP contribution is 2.66. The van der Waals surface area contributed by atoms with Gasteiger partial charge in [0.1, 0.15) is 24.1 Å². The maximum atomic E-state index is 12.7. The molecular weight excluding hydrogens is 1140 g/mol. The van der Waals surface area contributed by atoms with Gasteiger partial charge in [-0.1, -0.05) is 114 Å². The number of halogens is 1. The summed E-state index contributed by atoms with van der Waals surface area (Å²) in [5.41, 5.74) is -1.00. The third-order valence-corrected chi connectivity index (χ3v) is 23.7. The van der Waals surface area contributed by atoms with Gasteiger partial charge in [-0.3, -0.25) is 18.7 Å². The summed E-state index contributed by atoms with van der Waals surface area (Å²) in [6.07, 6.45) is 28.5. The van der Waals surface area contributed by atoms with Crippen molar-refractivity contribution in [1.82, 2.24) is 33.3 Å². The Balaban J connectivity index is 0.000000154. The predicted molar refractivity (Wildman–Crippen MR) is 335 cm³/mol. The molecule has 3 unspecified atom stereocenters. The average Bonchev–Trinajstić information content (AvgIpc) is 2.09. The lowest BCUT2D eigenvalue weighted by Crippen LogP contribution is -2.39. The molecule has 4 aliphatic carbocycles. The van der Waals surface area contributed by atoms with E-state index in [2.05, 4.69) is 62.5 Å². The topological polar surface area (TPSA) is 224 Å². The number of amides is 2. The van der Waals surface area contributed by atoms with E-state index in [1.165, 1.54) is 144 Å². The molecule has 480 valence electrons. The number of carbonyl (C=O) groups is 2. The first kappa shape index (κ1) is 68.4. The molecule has 0 radical (unpaired) electrons. The van der Waals surface area contributed by atoms with Gasteiger partial charge < -0.3 is 48.8 Å². The summed E-state index contributed by atoms with van der Waals surface area (Å²) in [6.45, 7) is 23.4. The molecule has 2 aromatic heterocycles. The largest absolute Gasteiger partial charge is 0.390 e. The Morgan fingerprint density at radius 1 is 0.671 bits per heavy atom. The highest BCUT2D eigenvalue weighted by molar-refractivity contribution is 7.78. The molecule has 8 heterocycles. The van der Waals surface area contributed by atoms with Crippen molar-refractivity contribution in [2.24, 2.45) is 17.8 Å². The predicted octanol–water partition coefficient (Wildman–Crippen LogP) is 11.9. The molecule has 6 saturated heterocycles. The highest BCUT2D eigenvalue weighted by Gasteiger charge is 2.59. The number of nitrogens with zero attached hydrogens (tertiary/aromatic N) is 7. The van der Waals surface area contributed by atoms with Crippen molar-refractivity contribution in [3.63, 3.8) is 0 Å². The van der Waals surface area contributed by atoms with Gasteiger partial charge in [0.15, 0.2) is 0 Å². The molecule has 0 bridgehead atoms. The molecule has 2 amide bonds. The van der Waals surface area contributed by atoms with E-state index in [0.29, 0.717) is 37.3 Å². The lowest BCUT2D eigenvalue weighted by atomic mass is 9.85. The lowest BCUT2D eigenvalue weighted by Gasteiger charge is -2.29. The zero-order valence-electron chi connectivity index (χ0n) is 52.6. The van der Waals surface area contributed by atoms with E-state index in [9.17, 15) is 29.4 Å². The Kier molecular flexibility index (Phi) is 25.3. The van der Waals surface area contributed by atoms with Crippen LogP contribution in [0.5, 0.6) is 0 Å². The minimum Gasteiger partial charge on any atom is -0.390 e. The van der Waals surface area contributed by atoms with Gasteiger partial charge in [-0.05, 0) is 139 Å². The van der Waals surface area contributed by atoms with Crippen LogP contribution in [0.25, 0.3) is 0 Å². The summed E-state index contributed by atoms with van der Waals surface area (Å²) in [6, 6.07) is 4.35.